The van der Waals surface area contributed by atoms with E-state index in [2.05, 4.69) is 0 Å². The van der Waals surface area contributed by atoms with E-state index in [-0.39, 0.29) is 18.1 Å². The van der Waals surface area contributed by atoms with Gasteiger partial charge in [-0.15, -0.1) is 11.3 Å². The number of amides is 1. The smallest absolute Gasteiger partial charge is 0.304 e. The topological polar surface area (TPSA) is 86.9 Å². The number of nitrogens with zero attached hydrogens (tertiary/aromatic N) is 3. The van der Waals surface area contributed by atoms with Gasteiger partial charge >= 0.3 is 5.69 Å². The van der Waals surface area contributed by atoms with Crippen LogP contribution in [0, 0.1) is 10.1 Å². The van der Waals surface area contributed by atoms with Crippen molar-refractivity contribution in [1.82, 2.24) is 4.90 Å². The van der Waals surface area contributed by atoms with Gasteiger partial charge in [0.05, 0.1) is 17.6 Å². The molecule has 0 aliphatic carbocycles. The van der Waals surface area contributed by atoms with Crippen molar-refractivity contribution in [1.29, 1.82) is 0 Å². The number of likely N-dealkylation sites (N-methyl/N-ethyl adjacent to an activating group) is 1. The lowest BCUT2D eigenvalue weighted by molar-refractivity contribution is -0.383. The maximum absolute atomic E-state index is 11.9. The average Bonchev–Trinajstić information content (AvgIpc) is 2.83. The summed E-state index contributed by atoms with van der Waals surface area (Å²) in [5.74, 6) is -0.121. The molecule has 1 aromatic rings. The highest BCUT2D eigenvalue weighted by Gasteiger charge is 2.26. The molecule has 21 heavy (non-hydrogen) atoms. The molecule has 118 valence electrons. The van der Waals surface area contributed by atoms with E-state index in [9.17, 15) is 20.0 Å². The Morgan fingerprint density at radius 1 is 1.52 bits per heavy atom. The fraction of sp³-hybridized carbons (Fsp3) is 0.615. The molecular formula is C13H21N3O4S. The first-order valence-corrected chi connectivity index (χ1v) is 7.50. The molecule has 0 radical (unpaired) electrons. The first kappa shape index (κ1) is 17.4. The summed E-state index contributed by atoms with van der Waals surface area (Å²) < 4.78 is 0. The van der Waals surface area contributed by atoms with Gasteiger partial charge in [-0.2, -0.15) is 0 Å². The van der Waals surface area contributed by atoms with Crippen LogP contribution in [-0.4, -0.2) is 48.0 Å². The van der Waals surface area contributed by atoms with Crippen LogP contribution >= 0.6 is 11.3 Å². The van der Waals surface area contributed by atoms with Gasteiger partial charge in [0, 0.05) is 31.6 Å². The molecule has 0 aliphatic heterocycles. The van der Waals surface area contributed by atoms with Gasteiger partial charge in [-0.25, -0.2) is 0 Å². The lowest BCUT2D eigenvalue weighted by atomic mass is 10.3. The second-order valence-electron chi connectivity index (χ2n) is 4.98. The van der Waals surface area contributed by atoms with Crippen LogP contribution in [0.25, 0.3) is 0 Å². The molecule has 0 unspecified atom stereocenters. The van der Waals surface area contributed by atoms with Crippen molar-refractivity contribution < 1.29 is 14.8 Å². The number of carbonyl (C=O) groups is 1. The van der Waals surface area contributed by atoms with Crippen LogP contribution in [0.15, 0.2) is 6.07 Å². The minimum Gasteiger partial charge on any atom is -0.388 e. The Hall–Kier alpha value is -1.67. The molecule has 1 amide bonds. The first-order chi connectivity index (χ1) is 9.77. The lowest BCUT2D eigenvalue weighted by Crippen LogP contribution is -2.37. The monoisotopic (exact) mass is 315 g/mol. The molecule has 0 spiro atoms. The zero-order valence-electron chi connectivity index (χ0n) is 12.7. The Morgan fingerprint density at radius 3 is 2.57 bits per heavy atom. The molecule has 1 N–H and O–H groups in total. The van der Waals surface area contributed by atoms with Gasteiger partial charge in [0.15, 0.2) is 5.00 Å². The van der Waals surface area contributed by atoms with Crippen LogP contribution in [0.1, 0.15) is 31.2 Å². The third-order valence-electron chi connectivity index (χ3n) is 2.93. The normalized spacial score (nSPS) is 12.0. The van der Waals surface area contributed by atoms with Gasteiger partial charge in [0.2, 0.25) is 5.91 Å². The fourth-order valence-corrected chi connectivity index (χ4v) is 2.87. The van der Waals surface area contributed by atoms with Crippen LogP contribution in [0.4, 0.5) is 10.7 Å². The van der Waals surface area contributed by atoms with E-state index in [0.29, 0.717) is 16.4 Å². The second-order valence-corrected chi connectivity index (χ2v) is 6.04. The van der Waals surface area contributed by atoms with E-state index in [1.165, 1.54) is 11.0 Å². The minimum absolute atomic E-state index is 0.0593. The Labute approximate surface area is 127 Å². The highest BCUT2D eigenvalue weighted by atomic mass is 32.1. The van der Waals surface area contributed by atoms with Gasteiger partial charge in [-0.05, 0) is 13.3 Å². The van der Waals surface area contributed by atoms with Crippen molar-refractivity contribution >= 4 is 27.9 Å². The fourth-order valence-electron chi connectivity index (χ4n) is 1.78. The average molecular weight is 315 g/mol. The van der Waals surface area contributed by atoms with Crippen LogP contribution in [0.2, 0.25) is 0 Å². The molecule has 0 saturated carbocycles. The molecule has 0 fully saturated rings. The lowest BCUT2D eigenvalue weighted by Gasteiger charge is -2.23. The van der Waals surface area contributed by atoms with Crippen LogP contribution in [0.3, 0.4) is 0 Å². The highest BCUT2D eigenvalue weighted by molar-refractivity contribution is 7.16. The minimum atomic E-state index is -0.768. The number of nitro groups is 1. The van der Waals surface area contributed by atoms with Gasteiger partial charge in [-0.3, -0.25) is 14.9 Å². The molecule has 8 heteroatoms. The van der Waals surface area contributed by atoms with E-state index >= 15 is 0 Å². The Bertz CT molecular complexity index is 514. The predicted molar refractivity (Wildman–Crippen MR) is 82.8 cm³/mol. The summed E-state index contributed by atoms with van der Waals surface area (Å²) >= 11 is 1.16. The predicted octanol–water partition coefficient (Wildman–Crippen LogP) is 2.01. The summed E-state index contributed by atoms with van der Waals surface area (Å²) in [7, 11) is 3.30. The zero-order chi connectivity index (χ0) is 16.2. The number of hydrogen-bond donors (Lipinski definition) is 1. The quantitative estimate of drug-likeness (QED) is 0.614. The standard InChI is InChI=1S/C13H21N3O4S/c1-5-6-15(8-12(18)14(3)4)13-10(16(19)20)7-11(21-13)9(2)17/h7,9,17H,5-6,8H2,1-4H3/t9-/m0/s1. The maximum Gasteiger partial charge on any atom is 0.304 e. The molecule has 0 saturated heterocycles. The number of rotatable bonds is 7. The van der Waals surface area contributed by atoms with Crippen molar-refractivity contribution in [2.24, 2.45) is 0 Å². The molecule has 1 heterocycles. The van der Waals surface area contributed by atoms with Crippen molar-refractivity contribution in [3.8, 4) is 0 Å². The second kappa shape index (κ2) is 7.37. The van der Waals surface area contributed by atoms with E-state index < -0.39 is 11.0 Å². The maximum atomic E-state index is 11.9. The van der Waals surface area contributed by atoms with Crippen LogP contribution in [-0.2, 0) is 4.79 Å². The largest absolute Gasteiger partial charge is 0.388 e. The van der Waals surface area contributed by atoms with E-state index in [4.69, 9.17) is 0 Å². The first-order valence-electron chi connectivity index (χ1n) is 6.69. The summed E-state index contributed by atoms with van der Waals surface area (Å²) in [4.78, 5) is 26.3. The Morgan fingerprint density at radius 2 is 2.14 bits per heavy atom. The Kier molecular flexibility index (Phi) is 6.10. The molecule has 1 aromatic heterocycles. The van der Waals surface area contributed by atoms with Gasteiger partial charge in [-0.1, -0.05) is 6.92 Å². The zero-order valence-corrected chi connectivity index (χ0v) is 13.5. The molecule has 0 bridgehead atoms. The number of aliphatic hydroxyl groups excluding tert-OH is 1. The highest BCUT2D eigenvalue weighted by Crippen LogP contribution is 2.40. The van der Waals surface area contributed by atoms with Gasteiger partial charge < -0.3 is 14.9 Å². The molecule has 1 rings (SSSR count). The van der Waals surface area contributed by atoms with Gasteiger partial charge in [0.25, 0.3) is 0 Å². The van der Waals surface area contributed by atoms with Crippen molar-refractivity contribution in [3.05, 3.63) is 21.1 Å². The molecule has 0 aromatic carbocycles. The number of anilines is 1. The summed E-state index contributed by atoms with van der Waals surface area (Å²) in [5.41, 5.74) is -0.0593. The summed E-state index contributed by atoms with van der Waals surface area (Å²) in [6.07, 6.45) is -0.00441. The number of aliphatic hydroxyl groups is 1. The van der Waals surface area contributed by atoms with E-state index in [0.717, 1.165) is 17.8 Å². The van der Waals surface area contributed by atoms with Crippen molar-refractivity contribution in [2.45, 2.75) is 26.4 Å². The summed E-state index contributed by atoms with van der Waals surface area (Å²) in [5, 5.41) is 21.2. The molecular weight excluding hydrogens is 294 g/mol. The number of carbonyl (C=O) groups excluding carboxylic acids is 1. The van der Waals surface area contributed by atoms with E-state index in [1.807, 2.05) is 6.92 Å². The van der Waals surface area contributed by atoms with Crippen molar-refractivity contribution in [3.63, 3.8) is 0 Å². The number of thiophene rings is 1. The summed E-state index contributed by atoms with van der Waals surface area (Å²) in [6, 6.07) is 1.38. The van der Waals surface area contributed by atoms with E-state index in [1.54, 1.807) is 25.9 Å². The number of hydrogen-bond acceptors (Lipinski definition) is 6. The van der Waals surface area contributed by atoms with Crippen LogP contribution < -0.4 is 4.90 Å². The molecule has 7 nitrogen and oxygen atoms in total. The Balaban J connectivity index is 3.17. The third kappa shape index (κ3) is 4.40. The molecule has 1 atom stereocenters. The summed E-state index contributed by atoms with van der Waals surface area (Å²) in [6.45, 7) is 4.14. The van der Waals surface area contributed by atoms with Gasteiger partial charge in [0.1, 0.15) is 0 Å². The van der Waals surface area contributed by atoms with Crippen molar-refractivity contribution in [2.75, 3.05) is 32.1 Å². The van der Waals surface area contributed by atoms with Crippen LogP contribution in [0.5, 0.6) is 0 Å². The molecule has 0 aliphatic rings. The third-order valence-corrected chi connectivity index (χ3v) is 4.28. The SMILES string of the molecule is CCCN(CC(=O)N(C)C)c1sc([C@H](C)O)cc1[N+](=O)[O-].